The van der Waals surface area contributed by atoms with Crippen LogP contribution in [0.5, 0.6) is 0 Å². The van der Waals surface area contributed by atoms with Crippen molar-refractivity contribution in [2.24, 2.45) is 5.92 Å². The highest BCUT2D eigenvalue weighted by Gasteiger charge is 2.28. The largest absolute Gasteiger partial charge is 0.326 e. The molecule has 1 atom stereocenters. The number of amides is 1. The summed E-state index contributed by atoms with van der Waals surface area (Å²) in [5.41, 5.74) is 4.78. The lowest BCUT2D eigenvalue weighted by atomic mass is 9.89. The summed E-state index contributed by atoms with van der Waals surface area (Å²) in [4.78, 5) is 17.2. The van der Waals surface area contributed by atoms with Gasteiger partial charge in [0.15, 0.2) is 0 Å². The van der Waals surface area contributed by atoms with Crippen LogP contribution >= 0.6 is 0 Å². The standard InChI is InChI=1S/C19H18FN3O/c1-12-5-8-18-22-16-7-6-13(9-17(16)23(18)11-12)19(24)21-15-4-2-3-14(20)10-15/h2-5,8,10-11,13H,6-7,9H2,1H3,(H,21,24). The van der Waals surface area contributed by atoms with Gasteiger partial charge in [0.05, 0.1) is 5.69 Å². The lowest BCUT2D eigenvalue weighted by Gasteiger charge is -2.21. The van der Waals surface area contributed by atoms with Crippen molar-refractivity contribution in [3.05, 3.63) is 65.4 Å². The maximum atomic E-state index is 13.3. The van der Waals surface area contributed by atoms with Crippen LogP contribution in [0.2, 0.25) is 0 Å². The second-order valence-corrected chi connectivity index (χ2v) is 6.38. The zero-order valence-corrected chi connectivity index (χ0v) is 13.4. The van der Waals surface area contributed by atoms with Crippen molar-refractivity contribution in [2.45, 2.75) is 26.2 Å². The second-order valence-electron chi connectivity index (χ2n) is 6.38. The summed E-state index contributed by atoms with van der Waals surface area (Å²) >= 11 is 0. The molecule has 0 spiro atoms. The third kappa shape index (κ3) is 2.66. The van der Waals surface area contributed by atoms with Crippen LogP contribution in [0.3, 0.4) is 0 Å². The Hall–Kier alpha value is -2.69. The third-order valence-electron chi connectivity index (χ3n) is 4.58. The van der Waals surface area contributed by atoms with Gasteiger partial charge in [-0.2, -0.15) is 0 Å². The monoisotopic (exact) mass is 323 g/mol. The number of rotatable bonds is 2. The topological polar surface area (TPSA) is 46.4 Å². The summed E-state index contributed by atoms with van der Waals surface area (Å²) in [6.45, 7) is 2.04. The predicted octanol–water partition coefficient (Wildman–Crippen LogP) is 3.53. The van der Waals surface area contributed by atoms with Gasteiger partial charge in [0, 0.05) is 29.9 Å². The Bertz CT molecular complexity index is 932. The molecule has 4 rings (SSSR count). The third-order valence-corrected chi connectivity index (χ3v) is 4.58. The van der Waals surface area contributed by atoms with Crippen molar-refractivity contribution < 1.29 is 9.18 Å². The molecule has 2 heterocycles. The number of nitrogens with zero attached hydrogens (tertiary/aromatic N) is 2. The molecule has 1 N–H and O–H groups in total. The zero-order chi connectivity index (χ0) is 16.7. The molecule has 0 aliphatic heterocycles. The molecule has 2 aromatic heterocycles. The number of fused-ring (bicyclic) bond motifs is 3. The minimum atomic E-state index is -0.351. The summed E-state index contributed by atoms with van der Waals surface area (Å²) in [7, 11) is 0. The first-order valence-electron chi connectivity index (χ1n) is 8.13. The molecular formula is C19H18FN3O. The number of aryl methyl sites for hydroxylation is 2. The fourth-order valence-corrected chi connectivity index (χ4v) is 3.35. The van der Waals surface area contributed by atoms with Gasteiger partial charge in [-0.05, 0) is 49.6 Å². The highest BCUT2D eigenvalue weighted by atomic mass is 19.1. The molecule has 1 aliphatic rings. The van der Waals surface area contributed by atoms with E-state index in [1.54, 1.807) is 12.1 Å². The molecule has 1 aliphatic carbocycles. The van der Waals surface area contributed by atoms with Gasteiger partial charge in [-0.1, -0.05) is 12.1 Å². The maximum absolute atomic E-state index is 13.3. The number of benzene rings is 1. The molecule has 122 valence electrons. The Kier molecular flexibility index (Phi) is 3.56. The highest BCUT2D eigenvalue weighted by molar-refractivity contribution is 5.92. The molecule has 3 aromatic rings. The van der Waals surface area contributed by atoms with Gasteiger partial charge in [0.25, 0.3) is 0 Å². The summed E-state index contributed by atoms with van der Waals surface area (Å²) in [5, 5.41) is 2.83. The Morgan fingerprint density at radius 3 is 3.04 bits per heavy atom. The number of carbonyl (C=O) groups excluding carboxylic acids is 1. The van der Waals surface area contributed by atoms with Crippen molar-refractivity contribution in [3.8, 4) is 0 Å². The molecular weight excluding hydrogens is 305 g/mol. The van der Waals surface area contributed by atoms with Crippen LogP contribution in [-0.4, -0.2) is 15.3 Å². The van der Waals surface area contributed by atoms with E-state index in [-0.39, 0.29) is 17.6 Å². The van der Waals surface area contributed by atoms with Gasteiger partial charge in [-0.25, -0.2) is 9.37 Å². The molecule has 0 radical (unpaired) electrons. The van der Waals surface area contributed by atoms with E-state index in [0.29, 0.717) is 12.1 Å². The molecule has 1 amide bonds. The molecule has 24 heavy (non-hydrogen) atoms. The van der Waals surface area contributed by atoms with E-state index in [0.717, 1.165) is 35.4 Å². The summed E-state index contributed by atoms with van der Waals surface area (Å²) in [6, 6.07) is 10.1. The van der Waals surface area contributed by atoms with Crippen molar-refractivity contribution in [1.29, 1.82) is 0 Å². The highest BCUT2D eigenvalue weighted by Crippen LogP contribution is 2.27. The first-order chi connectivity index (χ1) is 11.6. The number of pyridine rings is 1. The normalized spacial score (nSPS) is 16.8. The van der Waals surface area contributed by atoms with Gasteiger partial charge in [0.2, 0.25) is 5.91 Å². The maximum Gasteiger partial charge on any atom is 0.227 e. The Labute approximate surface area is 139 Å². The van der Waals surface area contributed by atoms with E-state index in [9.17, 15) is 9.18 Å². The van der Waals surface area contributed by atoms with Crippen LogP contribution in [0.15, 0.2) is 42.6 Å². The first-order valence-corrected chi connectivity index (χ1v) is 8.13. The number of hydrogen-bond acceptors (Lipinski definition) is 2. The molecule has 0 fully saturated rings. The smallest absolute Gasteiger partial charge is 0.227 e. The van der Waals surface area contributed by atoms with Crippen LogP contribution in [0, 0.1) is 18.7 Å². The SMILES string of the molecule is Cc1ccc2nc3c(n2c1)CC(C(=O)Nc1cccc(F)c1)CC3. The Balaban J connectivity index is 1.58. The average molecular weight is 323 g/mol. The number of anilines is 1. The molecule has 1 aromatic carbocycles. The van der Waals surface area contributed by atoms with E-state index in [2.05, 4.69) is 20.9 Å². The number of nitrogens with one attached hydrogen (secondary N) is 1. The fourth-order valence-electron chi connectivity index (χ4n) is 3.35. The summed E-state index contributed by atoms with van der Waals surface area (Å²) in [6.07, 6.45) is 4.27. The number of aromatic nitrogens is 2. The number of hydrogen-bond donors (Lipinski definition) is 1. The molecule has 0 saturated heterocycles. The van der Waals surface area contributed by atoms with Gasteiger partial charge < -0.3 is 9.72 Å². The second kappa shape index (κ2) is 5.74. The summed E-state index contributed by atoms with van der Waals surface area (Å²) in [5.74, 6) is -0.536. The van der Waals surface area contributed by atoms with Crippen molar-refractivity contribution in [1.82, 2.24) is 9.38 Å². The zero-order valence-electron chi connectivity index (χ0n) is 13.4. The van der Waals surface area contributed by atoms with Gasteiger partial charge in [0.1, 0.15) is 11.5 Å². The number of carbonyl (C=O) groups is 1. The van der Waals surface area contributed by atoms with Gasteiger partial charge in [-0.15, -0.1) is 0 Å². The van der Waals surface area contributed by atoms with E-state index < -0.39 is 0 Å². The van der Waals surface area contributed by atoms with Crippen LogP contribution in [0.4, 0.5) is 10.1 Å². The molecule has 0 bridgehead atoms. The minimum absolute atomic E-state index is 0.0612. The van der Waals surface area contributed by atoms with E-state index in [1.807, 2.05) is 19.1 Å². The summed E-state index contributed by atoms with van der Waals surface area (Å²) < 4.78 is 15.4. The number of halogens is 1. The minimum Gasteiger partial charge on any atom is -0.326 e. The first kappa shape index (κ1) is 14.9. The molecule has 0 saturated carbocycles. The lowest BCUT2D eigenvalue weighted by Crippen LogP contribution is -2.28. The van der Waals surface area contributed by atoms with Crippen molar-refractivity contribution in [2.75, 3.05) is 5.32 Å². The van der Waals surface area contributed by atoms with Crippen LogP contribution in [-0.2, 0) is 17.6 Å². The molecule has 5 heteroatoms. The van der Waals surface area contributed by atoms with Gasteiger partial charge in [-0.3, -0.25) is 4.79 Å². The van der Waals surface area contributed by atoms with E-state index in [1.165, 1.54) is 12.1 Å². The van der Waals surface area contributed by atoms with Crippen molar-refractivity contribution >= 4 is 17.2 Å². The quantitative estimate of drug-likeness (QED) is 0.784. The average Bonchev–Trinajstić information content (AvgIpc) is 2.92. The predicted molar refractivity (Wildman–Crippen MR) is 90.5 cm³/mol. The molecule has 1 unspecified atom stereocenters. The fraction of sp³-hybridized carbons (Fsp3) is 0.263. The Morgan fingerprint density at radius 1 is 1.33 bits per heavy atom. The van der Waals surface area contributed by atoms with E-state index >= 15 is 0 Å². The van der Waals surface area contributed by atoms with Crippen LogP contribution < -0.4 is 5.32 Å². The van der Waals surface area contributed by atoms with E-state index in [4.69, 9.17) is 0 Å². The van der Waals surface area contributed by atoms with Gasteiger partial charge >= 0.3 is 0 Å². The lowest BCUT2D eigenvalue weighted by molar-refractivity contribution is -0.120. The Morgan fingerprint density at radius 2 is 2.21 bits per heavy atom. The van der Waals surface area contributed by atoms with Crippen molar-refractivity contribution in [3.63, 3.8) is 0 Å². The number of imidazole rings is 1. The van der Waals surface area contributed by atoms with Crippen LogP contribution in [0.25, 0.3) is 5.65 Å². The molecule has 4 nitrogen and oxygen atoms in total. The van der Waals surface area contributed by atoms with Crippen LogP contribution in [0.1, 0.15) is 23.4 Å².